The Kier molecular flexibility index (Phi) is 9.64. The molecule has 142 valence electrons. The molecule has 0 bridgehead atoms. The van der Waals surface area contributed by atoms with Crippen LogP contribution >= 0.6 is 35.3 Å². The Bertz CT molecular complexity index is 715. The summed E-state index contributed by atoms with van der Waals surface area (Å²) in [6, 6.07) is 14.5. The lowest BCUT2D eigenvalue weighted by Gasteiger charge is -2.19. The summed E-state index contributed by atoms with van der Waals surface area (Å²) in [5, 5.41) is 6.70. The van der Waals surface area contributed by atoms with Crippen molar-refractivity contribution in [1.29, 1.82) is 0 Å². The Morgan fingerprint density at radius 1 is 1.19 bits per heavy atom. The average molecular weight is 486 g/mol. The first-order valence-electron chi connectivity index (χ1n) is 8.31. The van der Waals surface area contributed by atoms with Crippen LogP contribution in [-0.4, -0.2) is 37.4 Å². The van der Waals surface area contributed by atoms with Crippen LogP contribution in [0.15, 0.2) is 47.5 Å². The number of guanidine groups is 1. The van der Waals surface area contributed by atoms with Gasteiger partial charge in [0.15, 0.2) is 5.96 Å². The van der Waals surface area contributed by atoms with Gasteiger partial charge in [-0.2, -0.15) is 0 Å². The minimum absolute atomic E-state index is 0. The fourth-order valence-electron chi connectivity index (χ4n) is 2.22. The van der Waals surface area contributed by atoms with Crippen LogP contribution in [0.25, 0.3) is 0 Å². The van der Waals surface area contributed by atoms with Crippen LogP contribution in [0.4, 0.5) is 0 Å². The van der Waals surface area contributed by atoms with Crippen molar-refractivity contribution in [3.05, 3.63) is 57.8 Å². The zero-order valence-corrected chi connectivity index (χ0v) is 18.8. The molecule has 0 radical (unpaired) electrons. The van der Waals surface area contributed by atoms with E-state index in [4.69, 9.17) is 0 Å². The Balaban J connectivity index is 0.00000338. The Labute approximate surface area is 176 Å². The lowest BCUT2D eigenvalue weighted by atomic mass is 10.1. The number of carbonyl (C=O) groups is 1. The molecule has 0 fully saturated rings. The monoisotopic (exact) mass is 486 g/mol. The molecule has 0 saturated carbocycles. The minimum Gasteiger partial charge on any atom is -0.351 e. The number of halogens is 1. The van der Waals surface area contributed by atoms with Gasteiger partial charge in [-0.15, -0.1) is 35.3 Å². The number of aliphatic imine (C=N–C) groups is 1. The van der Waals surface area contributed by atoms with Gasteiger partial charge in [0.25, 0.3) is 0 Å². The maximum atomic E-state index is 11.8. The van der Waals surface area contributed by atoms with Gasteiger partial charge in [0.1, 0.15) is 6.54 Å². The third-order valence-electron chi connectivity index (χ3n) is 3.75. The summed E-state index contributed by atoms with van der Waals surface area (Å²) >= 11 is 1.75. The summed E-state index contributed by atoms with van der Waals surface area (Å²) in [4.78, 5) is 20.3. The topological polar surface area (TPSA) is 56.7 Å². The van der Waals surface area contributed by atoms with E-state index in [0.29, 0.717) is 12.5 Å². The van der Waals surface area contributed by atoms with E-state index in [9.17, 15) is 4.79 Å². The first kappa shape index (κ1) is 22.4. The molecule has 0 spiro atoms. The number of hydrogen-bond donors (Lipinski definition) is 2. The van der Waals surface area contributed by atoms with Crippen LogP contribution in [0.2, 0.25) is 0 Å². The van der Waals surface area contributed by atoms with Gasteiger partial charge >= 0.3 is 0 Å². The third kappa shape index (κ3) is 7.33. The summed E-state index contributed by atoms with van der Waals surface area (Å²) in [5.74, 6) is 0.609. The smallest absolute Gasteiger partial charge is 0.243 e. The molecule has 1 atom stereocenters. The van der Waals surface area contributed by atoms with Gasteiger partial charge in [-0.25, -0.2) is 4.99 Å². The van der Waals surface area contributed by atoms with Crippen molar-refractivity contribution in [2.24, 2.45) is 4.99 Å². The summed E-state index contributed by atoms with van der Waals surface area (Å²) in [5.41, 5.74) is 1.17. The Morgan fingerprint density at radius 3 is 2.46 bits per heavy atom. The van der Waals surface area contributed by atoms with Crippen molar-refractivity contribution < 1.29 is 4.79 Å². The SMILES string of the molecule is Cc1ccc(CNC(=NCC(=O)N(C)C)NC(C)c2ccccc2)s1.I. The molecule has 5 nitrogen and oxygen atoms in total. The lowest BCUT2D eigenvalue weighted by molar-refractivity contribution is -0.127. The summed E-state index contributed by atoms with van der Waals surface area (Å²) in [7, 11) is 3.47. The maximum absolute atomic E-state index is 11.8. The Morgan fingerprint density at radius 2 is 1.88 bits per heavy atom. The number of benzene rings is 1. The third-order valence-corrected chi connectivity index (χ3v) is 4.75. The molecule has 0 aliphatic heterocycles. The number of rotatable bonds is 6. The predicted molar refractivity (Wildman–Crippen MR) is 120 cm³/mol. The average Bonchev–Trinajstić information content (AvgIpc) is 3.02. The zero-order chi connectivity index (χ0) is 18.2. The van der Waals surface area contributed by atoms with Gasteiger partial charge in [-0.05, 0) is 31.5 Å². The van der Waals surface area contributed by atoms with E-state index in [2.05, 4.69) is 53.7 Å². The molecule has 7 heteroatoms. The number of likely N-dealkylation sites (N-methyl/N-ethyl adjacent to an activating group) is 1. The second-order valence-electron chi connectivity index (χ2n) is 6.10. The van der Waals surface area contributed by atoms with Crippen LogP contribution in [0.3, 0.4) is 0 Å². The minimum atomic E-state index is -0.0274. The summed E-state index contributed by atoms with van der Waals surface area (Å²) in [6.45, 7) is 4.97. The van der Waals surface area contributed by atoms with Gasteiger partial charge in [-0.1, -0.05) is 30.3 Å². The molecule has 2 rings (SSSR count). The summed E-state index contributed by atoms with van der Waals surface area (Å²) in [6.07, 6.45) is 0. The number of nitrogens with one attached hydrogen (secondary N) is 2. The second kappa shape index (κ2) is 11.2. The van der Waals surface area contributed by atoms with Crippen molar-refractivity contribution in [2.45, 2.75) is 26.4 Å². The van der Waals surface area contributed by atoms with E-state index in [0.717, 1.165) is 0 Å². The first-order chi connectivity index (χ1) is 12.0. The number of nitrogens with zero attached hydrogens (tertiary/aromatic N) is 2. The highest BCUT2D eigenvalue weighted by Gasteiger charge is 2.10. The second-order valence-corrected chi connectivity index (χ2v) is 7.47. The molecule has 2 N–H and O–H groups in total. The fourth-order valence-corrected chi connectivity index (χ4v) is 3.05. The quantitative estimate of drug-likeness (QED) is 0.373. The van der Waals surface area contributed by atoms with Crippen LogP contribution in [0, 0.1) is 6.92 Å². The van der Waals surface area contributed by atoms with Gasteiger partial charge in [0.2, 0.25) is 5.91 Å². The van der Waals surface area contributed by atoms with Crippen molar-refractivity contribution in [2.75, 3.05) is 20.6 Å². The normalized spacial score (nSPS) is 12.1. The van der Waals surface area contributed by atoms with Crippen LogP contribution in [-0.2, 0) is 11.3 Å². The maximum Gasteiger partial charge on any atom is 0.243 e. The molecule has 2 aromatic rings. The Hall–Kier alpha value is -1.61. The molecule has 1 aromatic heterocycles. The fraction of sp³-hybridized carbons (Fsp3) is 0.368. The number of thiophene rings is 1. The summed E-state index contributed by atoms with van der Waals surface area (Å²) < 4.78 is 0. The van der Waals surface area contributed by atoms with E-state index in [1.165, 1.54) is 15.3 Å². The molecular weight excluding hydrogens is 459 g/mol. The molecule has 1 aromatic carbocycles. The van der Waals surface area contributed by atoms with Crippen molar-refractivity contribution in [1.82, 2.24) is 15.5 Å². The van der Waals surface area contributed by atoms with E-state index in [-0.39, 0.29) is 42.5 Å². The highest BCUT2D eigenvalue weighted by molar-refractivity contribution is 14.0. The number of carbonyl (C=O) groups excluding carboxylic acids is 1. The lowest BCUT2D eigenvalue weighted by Crippen LogP contribution is -2.39. The number of amides is 1. The molecule has 1 amide bonds. The molecule has 1 unspecified atom stereocenters. The molecule has 0 aliphatic rings. The molecule has 1 heterocycles. The zero-order valence-electron chi connectivity index (χ0n) is 15.7. The highest BCUT2D eigenvalue weighted by Crippen LogP contribution is 2.15. The van der Waals surface area contributed by atoms with Gasteiger partial charge in [0.05, 0.1) is 12.6 Å². The van der Waals surface area contributed by atoms with E-state index in [1.807, 2.05) is 18.2 Å². The molecule has 0 saturated heterocycles. The van der Waals surface area contributed by atoms with Crippen LogP contribution < -0.4 is 10.6 Å². The van der Waals surface area contributed by atoms with E-state index in [1.54, 1.807) is 30.3 Å². The highest BCUT2D eigenvalue weighted by atomic mass is 127. The number of aryl methyl sites for hydroxylation is 1. The standard InChI is InChI=1S/C19H26N4OS.HI/c1-14-10-11-17(25-14)12-20-19(21-13-18(24)23(3)4)22-15(2)16-8-6-5-7-9-16;/h5-11,15H,12-13H2,1-4H3,(H2,20,21,22);1H. The van der Waals surface area contributed by atoms with E-state index >= 15 is 0 Å². The largest absolute Gasteiger partial charge is 0.351 e. The van der Waals surface area contributed by atoms with Crippen LogP contribution in [0.1, 0.15) is 28.3 Å². The van der Waals surface area contributed by atoms with Gasteiger partial charge < -0.3 is 15.5 Å². The van der Waals surface area contributed by atoms with E-state index < -0.39 is 0 Å². The predicted octanol–water partition coefficient (Wildman–Crippen LogP) is 3.56. The number of hydrogen-bond acceptors (Lipinski definition) is 3. The van der Waals surface area contributed by atoms with Crippen molar-refractivity contribution in [3.63, 3.8) is 0 Å². The van der Waals surface area contributed by atoms with Gasteiger partial charge in [-0.3, -0.25) is 4.79 Å². The van der Waals surface area contributed by atoms with Crippen molar-refractivity contribution >= 4 is 47.2 Å². The van der Waals surface area contributed by atoms with Gasteiger partial charge in [0, 0.05) is 23.8 Å². The molecule has 0 aliphatic carbocycles. The molecular formula is C19H27IN4OS. The first-order valence-corrected chi connectivity index (χ1v) is 9.12. The van der Waals surface area contributed by atoms with Crippen molar-refractivity contribution in [3.8, 4) is 0 Å². The van der Waals surface area contributed by atoms with Crippen LogP contribution in [0.5, 0.6) is 0 Å². The molecule has 26 heavy (non-hydrogen) atoms.